The van der Waals surface area contributed by atoms with Gasteiger partial charge in [-0.25, -0.2) is 0 Å². The summed E-state index contributed by atoms with van der Waals surface area (Å²) in [5.74, 6) is 2.07. The van der Waals surface area contributed by atoms with E-state index in [1.54, 1.807) is 21.0 Å². The number of carboxylic acids is 1. The second kappa shape index (κ2) is 13.0. The molecule has 1 N–H and O–H groups in total. The highest BCUT2D eigenvalue weighted by Gasteiger charge is 2.70. The van der Waals surface area contributed by atoms with E-state index in [9.17, 15) is 19.5 Å². The fourth-order valence-electron chi connectivity index (χ4n) is 13.2. The maximum absolute atomic E-state index is 14.1. The summed E-state index contributed by atoms with van der Waals surface area (Å²) in [6, 6.07) is 7.64. The maximum atomic E-state index is 14.1. The SMILES string of the molecule is COc1ccc(-c2nnc(C[C@@]34CC[C@]5(C)[C@H](CC[C@@H]6[C@@]7(C)CC[C@H](OC(=O)CC(C)(C)C(=O)O)C(C)(C)[C@@H]7CC[C@]65C)C3=C(C(C)C)C(=O)C4)o2)cc1. The number of Topliss-reactive ketones (excluding diaryl/α,β-unsaturated/α-hetero) is 1. The molecule has 0 spiro atoms. The molecule has 8 atom stereocenters. The minimum absolute atomic E-state index is 0.0203. The highest BCUT2D eigenvalue weighted by molar-refractivity contribution is 6.00. The number of fused-ring (bicyclic) bond motifs is 7. The van der Waals surface area contributed by atoms with Gasteiger partial charge in [0.2, 0.25) is 11.8 Å². The summed E-state index contributed by atoms with van der Waals surface area (Å²) in [6.45, 7) is 19.8. The molecule has 0 aliphatic heterocycles. The van der Waals surface area contributed by atoms with Crippen molar-refractivity contribution in [2.75, 3.05) is 7.11 Å². The quantitative estimate of drug-likeness (QED) is 0.250. The van der Waals surface area contributed by atoms with Gasteiger partial charge < -0.3 is 19.0 Å². The summed E-state index contributed by atoms with van der Waals surface area (Å²) in [5, 5.41) is 18.6. The van der Waals surface area contributed by atoms with Gasteiger partial charge in [0, 0.05) is 29.2 Å². The summed E-state index contributed by atoms with van der Waals surface area (Å²) in [6.07, 6.45) is 8.80. The van der Waals surface area contributed by atoms with Crippen molar-refractivity contribution in [2.45, 2.75) is 139 Å². The van der Waals surface area contributed by atoms with Crippen LogP contribution < -0.4 is 4.74 Å². The Morgan fingerprint density at radius 3 is 2.28 bits per heavy atom. The smallest absolute Gasteiger partial charge is 0.309 e. The molecule has 1 aromatic heterocycles. The predicted octanol–water partition coefficient (Wildman–Crippen LogP) is 9.68. The first-order valence-corrected chi connectivity index (χ1v) is 20.4. The third-order valence-electron chi connectivity index (χ3n) is 16.2. The van der Waals surface area contributed by atoms with Crippen LogP contribution in [0.3, 0.4) is 0 Å². The van der Waals surface area contributed by atoms with E-state index < -0.39 is 17.4 Å². The van der Waals surface area contributed by atoms with Crippen LogP contribution in [-0.4, -0.2) is 46.2 Å². The standard InChI is InChI=1S/C45H62N2O7/c1-26(2)36-30(48)23-45(24-34-46-47-38(54-34)27-11-13-28(52-10)14-12-27)22-21-43(8)29(37(36)45)15-16-32-42(7)19-18-33(53-35(49)25-40(3,4)39(50)51)41(5,6)31(42)17-20-44(32,43)9/h11-14,26,29,31-33H,15-25H2,1-10H3,(H,50,51)/t29-,31+,32-,33+,42+,43-,44-,45+/m1/s1. The van der Waals surface area contributed by atoms with Crippen LogP contribution in [-0.2, 0) is 25.5 Å². The van der Waals surface area contributed by atoms with Gasteiger partial charge in [0.15, 0.2) is 5.78 Å². The van der Waals surface area contributed by atoms with Crippen LogP contribution in [0.1, 0.15) is 132 Å². The van der Waals surface area contributed by atoms with E-state index in [0.29, 0.717) is 48.2 Å². The zero-order chi connectivity index (χ0) is 39.2. The van der Waals surface area contributed by atoms with Gasteiger partial charge in [-0.15, -0.1) is 10.2 Å². The van der Waals surface area contributed by atoms with Crippen LogP contribution in [0, 0.1) is 56.2 Å². The summed E-state index contributed by atoms with van der Waals surface area (Å²) in [5.41, 5.74) is 1.75. The molecule has 294 valence electrons. The number of aromatic nitrogens is 2. The van der Waals surface area contributed by atoms with Gasteiger partial charge in [0.1, 0.15) is 11.9 Å². The highest BCUT2D eigenvalue weighted by Crippen LogP contribution is 2.77. The summed E-state index contributed by atoms with van der Waals surface area (Å²) < 4.78 is 17.9. The topological polar surface area (TPSA) is 129 Å². The number of ketones is 1. The van der Waals surface area contributed by atoms with Crippen LogP contribution >= 0.6 is 0 Å². The monoisotopic (exact) mass is 742 g/mol. The lowest BCUT2D eigenvalue weighted by molar-refractivity contribution is -0.233. The van der Waals surface area contributed by atoms with Crippen LogP contribution in [0.5, 0.6) is 5.75 Å². The molecule has 1 aromatic carbocycles. The molecule has 9 heteroatoms. The van der Waals surface area contributed by atoms with Gasteiger partial charge in [-0.05, 0) is 135 Å². The number of carboxylic acid groups (broad SMARTS) is 1. The number of esters is 1. The fraction of sp³-hybridized carbons (Fsp3) is 0.711. The Morgan fingerprint density at radius 2 is 1.63 bits per heavy atom. The molecule has 0 radical (unpaired) electrons. The lowest BCUT2D eigenvalue weighted by Crippen LogP contribution is -2.65. The Bertz CT molecular complexity index is 1860. The predicted molar refractivity (Wildman–Crippen MR) is 205 cm³/mol. The maximum Gasteiger partial charge on any atom is 0.309 e. The van der Waals surface area contributed by atoms with Crippen molar-refractivity contribution in [3.05, 3.63) is 41.3 Å². The molecule has 4 saturated carbocycles. The van der Waals surface area contributed by atoms with Crippen molar-refractivity contribution in [3.8, 4) is 17.2 Å². The molecule has 2 aromatic rings. The van der Waals surface area contributed by atoms with Crippen LogP contribution in [0.15, 0.2) is 39.8 Å². The number of carbonyl (C=O) groups is 3. The van der Waals surface area contributed by atoms with Crippen molar-refractivity contribution in [2.24, 2.45) is 56.2 Å². The van der Waals surface area contributed by atoms with E-state index in [1.807, 2.05) is 24.3 Å². The molecule has 7 rings (SSSR count). The Hall–Kier alpha value is -3.49. The number of ether oxygens (including phenoxy) is 2. The van der Waals surface area contributed by atoms with Gasteiger partial charge in [-0.3, -0.25) is 14.4 Å². The number of allylic oxidation sites excluding steroid dienone is 2. The van der Waals surface area contributed by atoms with Crippen LogP contribution in [0.4, 0.5) is 0 Å². The van der Waals surface area contributed by atoms with Crippen LogP contribution in [0.25, 0.3) is 11.5 Å². The number of nitrogens with zero attached hydrogens (tertiary/aromatic N) is 2. The number of aliphatic carboxylic acids is 1. The molecule has 0 unspecified atom stereocenters. The largest absolute Gasteiger partial charge is 0.497 e. The summed E-state index contributed by atoms with van der Waals surface area (Å²) in [4.78, 5) is 39.0. The molecule has 4 fully saturated rings. The lowest BCUT2D eigenvalue weighted by atomic mass is 9.33. The second-order valence-electron chi connectivity index (χ2n) is 20.1. The normalized spacial score (nSPS) is 35.9. The van der Waals surface area contributed by atoms with Crippen LogP contribution in [0.2, 0.25) is 0 Å². The molecule has 54 heavy (non-hydrogen) atoms. The molecular weight excluding hydrogens is 681 g/mol. The number of hydrogen-bond donors (Lipinski definition) is 1. The number of methoxy groups -OCH3 is 1. The molecule has 0 amide bonds. The first-order valence-electron chi connectivity index (χ1n) is 20.4. The number of hydrogen-bond acceptors (Lipinski definition) is 8. The van der Waals surface area contributed by atoms with E-state index >= 15 is 0 Å². The third-order valence-corrected chi connectivity index (χ3v) is 16.2. The number of carbonyl (C=O) groups excluding carboxylic acids is 2. The van der Waals surface area contributed by atoms with E-state index in [4.69, 9.17) is 13.9 Å². The molecule has 5 aliphatic carbocycles. The Kier molecular flexibility index (Phi) is 9.37. The van der Waals surface area contributed by atoms with Crippen molar-refractivity contribution in [1.29, 1.82) is 0 Å². The van der Waals surface area contributed by atoms with E-state index in [-0.39, 0.29) is 45.5 Å². The zero-order valence-electron chi connectivity index (χ0n) is 34.3. The molecule has 0 bridgehead atoms. The average molecular weight is 743 g/mol. The number of benzene rings is 1. The zero-order valence-corrected chi connectivity index (χ0v) is 34.3. The minimum Gasteiger partial charge on any atom is -0.497 e. The van der Waals surface area contributed by atoms with Gasteiger partial charge in [0.05, 0.1) is 18.9 Å². The van der Waals surface area contributed by atoms with E-state index in [1.165, 1.54) is 5.57 Å². The lowest BCUT2D eigenvalue weighted by Gasteiger charge is -2.72. The third kappa shape index (κ3) is 5.79. The summed E-state index contributed by atoms with van der Waals surface area (Å²) in [7, 11) is 1.65. The highest BCUT2D eigenvalue weighted by atomic mass is 16.5. The average Bonchev–Trinajstić information content (AvgIpc) is 3.67. The van der Waals surface area contributed by atoms with E-state index in [2.05, 4.69) is 58.7 Å². The Labute approximate surface area is 321 Å². The second-order valence-corrected chi connectivity index (χ2v) is 20.1. The first kappa shape index (κ1) is 38.8. The molecule has 0 saturated heterocycles. The van der Waals surface area contributed by atoms with Gasteiger partial charge in [-0.1, -0.05) is 54.0 Å². The van der Waals surface area contributed by atoms with Crippen molar-refractivity contribution < 1.29 is 33.4 Å². The fourth-order valence-corrected chi connectivity index (χ4v) is 13.2. The van der Waals surface area contributed by atoms with Gasteiger partial charge in [0.25, 0.3) is 0 Å². The Morgan fingerprint density at radius 1 is 0.926 bits per heavy atom. The molecule has 9 nitrogen and oxygen atoms in total. The Balaban J connectivity index is 1.17. The molecular formula is C45H62N2O7. The van der Waals surface area contributed by atoms with Crippen molar-refractivity contribution >= 4 is 17.7 Å². The number of rotatable bonds is 9. The van der Waals surface area contributed by atoms with Gasteiger partial charge in [-0.2, -0.15) is 0 Å². The molecule has 5 aliphatic rings. The van der Waals surface area contributed by atoms with Crippen molar-refractivity contribution in [3.63, 3.8) is 0 Å². The van der Waals surface area contributed by atoms with Gasteiger partial charge >= 0.3 is 11.9 Å². The molecule has 1 heterocycles. The minimum atomic E-state index is -1.16. The summed E-state index contributed by atoms with van der Waals surface area (Å²) >= 11 is 0. The van der Waals surface area contributed by atoms with E-state index in [0.717, 1.165) is 68.3 Å². The van der Waals surface area contributed by atoms with Crippen molar-refractivity contribution in [1.82, 2.24) is 10.2 Å². The first-order chi connectivity index (χ1) is 25.2.